The highest BCUT2D eigenvalue weighted by Gasteiger charge is 2.48. The van der Waals surface area contributed by atoms with Gasteiger partial charge in [0.15, 0.2) is 5.60 Å². The van der Waals surface area contributed by atoms with Gasteiger partial charge in [0.25, 0.3) is 0 Å². The van der Waals surface area contributed by atoms with Gasteiger partial charge < -0.3 is 19.9 Å². The molecule has 0 unspecified atom stereocenters. The summed E-state index contributed by atoms with van der Waals surface area (Å²) in [5.41, 5.74) is 0.474. The summed E-state index contributed by atoms with van der Waals surface area (Å²) < 4.78 is 43.4. The van der Waals surface area contributed by atoms with E-state index in [0.717, 1.165) is 37.0 Å². The van der Waals surface area contributed by atoms with Crippen LogP contribution in [0.25, 0.3) is 11.0 Å². The van der Waals surface area contributed by atoms with Gasteiger partial charge in [0.05, 0.1) is 17.6 Å². The maximum absolute atomic E-state index is 12.8. The molecule has 0 aliphatic carbocycles. The second-order valence-electron chi connectivity index (χ2n) is 6.95. The van der Waals surface area contributed by atoms with Crippen molar-refractivity contribution in [2.45, 2.75) is 38.6 Å². The summed E-state index contributed by atoms with van der Waals surface area (Å²) in [6.07, 6.45) is -3.48. The highest BCUT2D eigenvalue weighted by Crippen LogP contribution is 2.32. The highest BCUT2D eigenvalue weighted by molar-refractivity contribution is 5.75. The third-order valence-electron chi connectivity index (χ3n) is 4.25. The van der Waals surface area contributed by atoms with Crippen LogP contribution in [-0.2, 0) is 22.5 Å². The van der Waals surface area contributed by atoms with Crippen molar-refractivity contribution in [2.75, 3.05) is 26.7 Å². The number of carbonyl (C=O) groups is 1. The minimum atomic E-state index is -4.41. The van der Waals surface area contributed by atoms with Gasteiger partial charge in [-0.1, -0.05) is 6.07 Å². The van der Waals surface area contributed by atoms with Crippen LogP contribution in [0.15, 0.2) is 18.2 Å². The number of imidazole rings is 1. The second kappa shape index (κ2) is 8.71. The normalized spacial score (nSPS) is 12.7. The topological polar surface area (TPSA) is 70.2 Å². The van der Waals surface area contributed by atoms with Crippen LogP contribution in [0.1, 0.15) is 25.2 Å². The van der Waals surface area contributed by atoms with Crippen LogP contribution in [0.2, 0.25) is 0 Å². The number of rotatable bonds is 10. The molecule has 0 saturated heterocycles. The molecule has 0 aliphatic heterocycles. The highest BCUT2D eigenvalue weighted by atomic mass is 19.4. The summed E-state index contributed by atoms with van der Waals surface area (Å²) in [5, 5.41) is 2.62. The van der Waals surface area contributed by atoms with Crippen molar-refractivity contribution in [3.05, 3.63) is 29.6 Å². The number of nitrogens with zero attached hydrogens (tertiary/aromatic N) is 2. The van der Waals surface area contributed by atoms with E-state index in [2.05, 4.69) is 20.2 Å². The molecule has 150 valence electrons. The van der Waals surface area contributed by atoms with E-state index < -0.39 is 11.8 Å². The van der Waals surface area contributed by atoms with Crippen LogP contribution < -0.4 is 5.32 Å². The zero-order valence-corrected chi connectivity index (χ0v) is 15.7. The van der Waals surface area contributed by atoms with E-state index in [4.69, 9.17) is 4.74 Å². The third kappa shape index (κ3) is 5.93. The molecule has 0 spiro atoms. The van der Waals surface area contributed by atoms with Gasteiger partial charge in [-0.2, -0.15) is 13.2 Å². The first-order chi connectivity index (χ1) is 12.6. The molecule has 2 aromatic rings. The minimum absolute atomic E-state index is 0.0777. The minimum Gasteiger partial charge on any atom is -0.366 e. The van der Waals surface area contributed by atoms with Gasteiger partial charge in [-0.3, -0.25) is 4.79 Å². The molecule has 2 N–H and O–H groups in total. The SMILES string of the molecule is CN(CCNC=O)Cc1ccc2nc(CCOC(C)(C)C(F)(F)F)[nH]c2c1. The Morgan fingerprint density at radius 3 is 2.74 bits per heavy atom. The zero-order chi connectivity index (χ0) is 20.1. The van der Waals surface area contributed by atoms with Crippen molar-refractivity contribution in [3.63, 3.8) is 0 Å². The lowest BCUT2D eigenvalue weighted by atomic mass is 10.1. The molecule has 27 heavy (non-hydrogen) atoms. The van der Waals surface area contributed by atoms with Crippen LogP contribution in [0.5, 0.6) is 0 Å². The Hall–Kier alpha value is -2.13. The van der Waals surface area contributed by atoms with Gasteiger partial charge in [-0.15, -0.1) is 0 Å². The Bertz CT molecular complexity index is 759. The van der Waals surface area contributed by atoms with Gasteiger partial charge in [0.1, 0.15) is 5.82 Å². The molecular weight excluding hydrogens is 361 g/mol. The number of H-pyrrole nitrogens is 1. The smallest absolute Gasteiger partial charge is 0.366 e. The molecular formula is C18H25F3N4O2. The van der Waals surface area contributed by atoms with Crippen molar-refractivity contribution < 1.29 is 22.7 Å². The molecule has 1 aromatic heterocycles. The zero-order valence-electron chi connectivity index (χ0n) is 15.7. The van der Waals surface area contributed by atoms with Crippen molar-refractivity contribution in [1.29, 1.82) is 0 Å². The molecule has 6 nitrogen and oxygen atoms in total. The van der Waals surface area contributed by atoms with Gasteiger partial charge in [0, 0.05) is 26.1 Å². The lowest BCUT2D eigenvalue weighted by Crippen LogP contribution is -2.42. The predicted molar refractivity (Wildman–Crippen MR) is 96.3 cm³/mol. The number of aromatic nitrogens is 2. The number of benzene rings is 1. The Labute approximate surface area is 156 Å². The number of carbonyl (C=O) groups excluding carboxylic acids is 1. The predicted octanol–water partition coefficient (Wildman–Crippen LogP) is 2.64. The summed E-state index contributed by atoms with van der Waals surface area (Å²) in [4.78, 5) is 19.9. The molecule has 0 atom stereocenters. The average molecular weight is 386 g/mol. The van der Waals surface area contributed by atoms with Crippen molar-refractivity contribution in [2.24, 2.45) is 0 Å². The number of ether oxygens (including phenoxy) is 1. The Morgan fingerprint density at radius 1 is 1.33 bits per heavy atom. The molecule has 9 heteroatoms. The Balaban J connectivity index is 1.94. The fraction of sp³-hybridized carbons (Fsp3) is 0.556. The fourth-order valence-electron chi connectivity index (χ4n) is 2.52. The first kappa shape index (κ1) is 21.2. The number of alkyl halides is 3. The van der Waals surface area contributed by atoms with E-state index in [-0.39, 0.29) is 13.0 Å². The summed E-state index contributed by atoms with van der Waals surface area (Å²) in [7, 11) is 1.95. The molecule has 0 aliphatic rings. The van der Waals surface area contributed by atoms with Gasteiger partial charge >= 0.3 is 6.18 Å². The number of halogens is 3. The van der Waals surface area contributed by atoms with Crippen LogP contribution in [0.3, 0.4) is 0 Å². The second-order valence-corrected chi connectivity index (χ2v) is 6.95. The summed E-state index contributed by atoms with van der Waals surface area (Å²) in [6.45, 7) is 3.94. The Kier molecular flexibility index (Phi) is 6.83. The number of aromatic amines is 1. The van der Waals surface area contributed by atoms with E-state index >= 15 is 0 Å². The lowest BCUT2D eigenvalue weighted by molar-refractivity contribution is -0.263. The molecule has 1 heterocycles. The number of hydrogen-bond acceptors (Lipinski definition) is 4. The summed E-state index contributed by atoms with van der Waals surface area (Å²) in [5.74, 6) is 0.587. The average Bonchev–Trinajstić information content (AvgIpc) is 2.95. The van der Waals surface area contributed by atoms with Gasteiger partial charge in [-0.05, 0) is 38.6 Å². The molecule has 0 bridgehead atoms. The quantitative estimate of drug-likeness (QED) is 0.487. The van der Waals surface area contributed by atoms with Crippen LogP contribution in [0.4, 0.5) is 13.2 Å². The number of amides is 1. The molecule has 2 rings (SSSR count). The summed E-state index contributed by atoms with van der Waals surface area (Å²) in [6, 6.07) is 5.80. The van der Waals surface area contributed by atoms with Crippen LogP contribution >= 0.6 is 0 Å². The van der Waals surface area contributed by atoms with Gasteiger partial charge in [-0.25, -0.2) is 4.98 Å². The monoisotopic (exact) mass is 386 g/mol. The van der Waals surface area contributed by atoms with Crippen molar-refractivity contribution >= 4 is 17.4 Å². The number of fused-ring (bicyclic) bond motifs is 1. The number of likely N-dealkylation sites (N-methyl/N-ethyl adjacent to an activating group) is 1. The standard InChI is InChI=1S/C18H25F3N4O2/c1-17(2,18(19,20)21)27-9-6-16-23-14-5-4-13(10-15(14)24-16)11-25(3)8-7-22-12-26/h4-5,10,12H,6-9,11H2,1-3H3,(H,22,26)(H,23,24). The molecule has 0 saturated carbocycles. The first-order valence-corrected chi connectivity index (χ1v) is 8.66. The van der Waals surface area contributed by atoms with Crippen LogP contribution in [0, 0.1) is 0 Å². The maximum atomic E-state index is 12.8. The van der Waals surface area contributed by atoms with E-state index in [1.165, 1.54) is 0 Å². The van der Waals surface area contributed by atoms with E-state index in [9.17, 15) is 18.0 Å². The Morgan fingerprint density at radius 2 is 2.07 bits per heavy atom. The largest absolute Gasteiger partial charge is 0.416 e. The van der Waals surface area contributed by atoms with E-state index in [1.807, 2.05) is 25.2 Å². The van der Waals surface area contributed by atoms with Crippen molar-refractivity contribution in [1.82, 2.24) is 20.2 Å². The lowest BCUT2D eigenvalue weighted by Gasteiger charge is -2.27. The molecule has 0 fully saturated rings. The van der Waals surface area contributed by atoms with Crippen molar-refractivity contribution in [3.8, 4) is 0 Å². The molecule has 1 aromatic carbocycles. The fourth-order valence-corrected chi connectivity index (χ4v) is 2.52. The van der Waals surface area contributed by atoms with Crippen LogP contribution in [-0.4, -0.2) is 59.8 Å². The number of nitrogens with one attached hydrogen (secondary N) is 2. The maximum Gasteiger partial charge on any atom is 0.416 e. The van der Waals surface area contributed by atoms with E-state index in [1.54, 1.807) is 0 Å². The molecule has 1 amide bonds. The van der Waals surface area contributed by atoms with Gasteiger partial charge in [0.2, 0.25) is 6.41 Å². The first-order valence-electron chi connectivity index (χ1n) is 8.66. The summed E-state index contributed by atoms with van der Waals surface area (Å²) >= 11 is 0. The van der Waals surface area contributed by atoms with E-state index in [0.29, 0.717) is 25.3 Å². The molecule has 0 radical (unpaired) electrons. The third-order valence-corrected chi connectivity index (χ3v) is 4.25. The number of hydrogen-bond donors (Lipinski definition) is 2.